The molecular formula is C14H15N3O3. The SMILES string of the molecule is C=CCN(CC(=O)O)C(=O)Cc1cn2ccccc2n1. The number of hydrogen-bond donors (Lipinski definition) is 1. The van der Waals surface area contributed by atoms with Gasteiger partial charge < -0.3 is 14.4 Å². The van der Waals surface area contributed by atoms with Crippen LogP contribution in [0.1, 0.15) is 5.69 Å². The minimum atomic E-state index is -1.05. The van der Waals surface area contributed by atoms with Gasteiger partial charge in [0.05, 0.1) is 12.1 Å². The Hall–Kier alpha value is -2.63. The van der Waals surface area contributed by atoms with E-state index < -0.39 is 5.97 Å². The zero-order valence-corrected chi connectivity index (χ0v) is 10.9. The summed E-state index contributed by atoms with van der Waals surface area (Å²) in [5, 5.41) is 8.79. The molecule has 0 saturated carbocycles. The van der Waals surface area contributed by atoms with Crippen LogP contribution in [0.15, 0.2) is 43.2 Å². The summed E-state index contributed by atoms with van der Waals surface area (Å²) >= 11 is 0. The average Bonchev–Trinajstić information content (AvgIpc) is 2.79. The van der Waals surface area contributed by atoms with Gasteiger partial charge in [-0.1, -0.05) is 12.1 Å². The van der Waals surface area contributed by atoms with E-state index in [1.807, 2.05) is 28.8 Å². The van der Waals surface area contributed by atoms with E-state index in [0.29, 0.717) is 5.69 Å². The van der Waals surface area contributed by atoms with Crippen LogP contribution in [-0.4, -0.2) is 44.4 Å². The van der Waals surface area contributed by atoms with Gasteiger partial charge in [0.15, 0.2) is 0 Å². The van der Waals surface area contributed by atoms with Crippen molar-refractivity contribution in [1.29, 1.82) is 0 Å². The van der Waals surface area contributed by atoms with Gasteiger partial charge in [0.2, 0.25) is 5.91 Å². The molecule has 2 aromatic heterocycles. The lowest BCUT2D eigenvalue weighted by Crippen LogP contribution is -2.36. The van der Waals surface area contributed by atoms with Crippen molar-refractivity contribution in [2.75, 3.05) is 13.1 Å². The normalized spacial score (nSPS) is 10.4. The quantitative estimate of drug-likeness (QED) is 0.796. The number of carboxylic acids is 1. The Balaban J connectivity index is 2.12. The standard InChI is InChI=1S/C14H15N3O3/c1-2-6-17(10-14(19)20)13(18)8-11-9-16-7-4-3-5-12(16)15-11/h2-5,7,9H,1,6,8,10H2,(H,19,20). The Labute approximate surface area is 116 Å². The van der Waals surface area contributed by atoms with E-state index in [0.717, 1.165) is 5.65 Å². The lowest BCUT2D eigenvalue weighted by atomic mass is 10.3. The van der Waals surface area contributed by atoms with Gasteiger partial charge >= 0.3 is 5.97 Å². The van der Waals surface area contributed by atoms with Crippen molar-refractivity contribution in [3.05, 3.63) is 48.9 Å². The maximum atomic E-state index is 12.1. The minimum Gasteiger partial charge on any atom is -0.480 e. The third kappa shape index (κ3) is 3.23. The van der Waals surface area contributed by atoms with Crippen molar-refractivity contribution in [2.24, 2.45) is 0 Å². The van der Waals surface area contributed by atoms with E-state index in [2.05, 4.69) is 11.6 Å². The van der Waals surface area contributed by atoms with E-state index >= 15 is 0 Å². The molecule has 0 unspecified atom stereocenters. The second kappa shape index (κ2) is 6.01. The first kappa shape index (κ1) is 13.8. The fraction of sp³-hybridized carbons (Fsp3) is 0.214. The van der Waals surface area contributed by atoms with Gasteiger partial charge in [-0.2, -0.15) is 0 Å². The van der Waals surface area contributed by atoms with Gasteiger partial charge in [0.25, 0.3) is 0 Å². The van der Waals surface area contributed by atoms with Crippen molar-refractivity contribution < 1.29 is 14.7 Å². The van der Waals surface area contributed by atoms with Crippen LogP contribution in [0.25, 0.3) is 5.65 Å². The fourth-order valence-corrected chi connectivity index (χ4v) is 1.91. The summed E-state index contributed by atoms with van der Waals surface area (Å²) in [6.45, 7) is 3.40. The number of rotatable bonds is 6. The number of amides is 1. The van der Waals surface area contributed by atoms with Gasteiger partial charge in [0.1, 0.15) is 12.2 Å². The molecule has 2 heterocycles. The number of hydrogen-bond acceptors (Lipinski definition) is 3. The van der Waals surface area contributed by atoms with Crippen LogP contribution in [0.2, 0.25) is 0 Å². The summed E-state index contributed by atoms with van der Waals surface area (Å²) < 4.78 is 1.82. The van der Waals surface area contributed by atoms with Gasteiger partial charge in [0, 0.05) is 18.9 Å². The third-order valence-corrected chi connectivity index (χ3v) is 2.77. The van der Waals surface area contributed by atoms with E-state index in [-0.39, 0.29) is 25.4 Å². The molecule has 1 amide bonds. The first-order valence-electron chi connectivity index (χ1n) is 6.13. The average molecular weight is 273 g/mol. The largest absolute Gasteiger partial charge is 0.480 e. The number of aliphatic carboxylic acids is 1. The third-order valence-electron chi connectivity index (χ3n) is 2.77. The molecule has 6 nitrogen and oxygen atoms in total. The van der Waals surface area contributed by atoms with Crippen molar-refractivity contribution in [2.45, 2.75) is 6.42 Å². The number of imidazole rings is 1. The first-order valence-corrected chi connectivity index (χ1v) is 6.13. The topological polar surface area (TPSA) is 74.9 Å². The molecule has 20 heavy (non-hydrogen) atoms. The number of nitrogens with zero attached hydrogens (tertiary/aromatic N) is 3. The lowest BCUT2D eigenvalue weighted by Gasteiger charge is -2.18. The predicted molar refractivity (Wildman–Crippen MR) is 73.3 cm³/mol. The molecule has 1 N–H and O–H groups in total. The van der Waals surface area contributed by atoms with Crippen LogP contribution in [-0.2, 0) is 16.0 Å². The number of aromatic nitrogens is 2. The van der Waals surface area contributed by atoms with Crippen LogP contribution < -0.4 is 0 Å². The zero-order valence-electron chi connectivity index (χ0n) is 10.9. The Bertz CT molecular complexity index is 615. The summed E-state index contributed by atoms with van der Waals surface area (Å²) in [5.74, 6) is -1.33. The van der Waals surface area contributed by atoms with Crippen LogP contribution in [0, 0.1) is 0 Å². The molecule has 6 heteroatoms. The van der Waals surface area contributed by atoms with Gasteiger partial charge in [-0.3, -0.25) is 9.59 Å². The molecule has 0 radical (unpaired) electrons. The Morgan fingerprint density at radius 1 is 1.45 bits per heavy atom. The van der Waals surface area contributed by atoms with Crippen molar-refractivity contribution >= 4 is 17.5 Å². The molecule has 0 saturated heterocycles. The molecule has 0 aliphatic rings. The molecule has 0 bridgehead atoms. The molecule has 0 spiro atoms. The molecule has 0 atom stereocenters. The molecule has 104 valence electrons. The first-order chi connectivity index (χ1) is 9.60. The molecule has 2 aromatic rings. The van der Waals surface area contributed by atoms with Crippen molar-refractivity contribution in [3.63, 3.8) is 0 Å². The Kier molecular flexibility index (Phi) is 4.14. The van der Waals surface area contributed by atoms with Crippen LogP contribution in [0.4, 0.5) is 0 Å². The summed E-state index contributed by atoms with van der Waals surface area (Å²) in [7, 11) is 0. The summed E-state index contributed by atoms with van der Waals surface area (Å²) in [6, 6.07) is 5.57. The van der Waals surface area contributed by atoms with E-state index in [1.54, 1.807) is 6.20 Å². The van der Waals surface area contributed by atoms with Crippen molar-refractivity contribution in [1.82, 2.24) is 14.3 Å². The van der Waals surface area contributed by atoms with Crippen LogP contribution in [0.3, 0.4) is 0 Å². The Morgan fingerprint density at radius 3 is 2.90 bits per heavy atom. The van der Waals surface area contributed by atoms with Gasteiger partial charge in [-0.15, -0.1) is 6.58 Å². The Morgan fingerprint density at radius 2 is 2.25 bits per heavy atom. The molecular weight excluding hydrogens is 258 g/mol. The lowest BCUT2D eigenvalue weighted by molar-refractivity contribution is -0.143. The van der Waals surface area contributed by atoms with Crippen LogP contribution in [0.5, 0.6) is 0 Å². The maximum Gasteiger partial charge on any atom is 0.323 e. The second-order valence-electron chi connectivity index (χ2n) is 4.33. The van der Waals surface area contributed by atoms with Gasteiger partial charge in [-0.25, -0.2) is 4.98 Å². The fourth-order valence-electron chi connectivity index (χ4n) is 1.91. The monoisotopic (exact) mass is 273 g/mol. The minimum absolute atomic E-state index is 0.0722. The smallest absolute Gasteiger partial charge is 0.323 e. The summed E-state index contributed by atoms with van der Waals surface area (Å²) in [5.41, 5.74) is 1.37. The highest BCUT2D eigenvalue weighted by Gasteiger charge is 2.17. The number of pyridine rings is 1. The molecule has 2 rings (SSSR count). The number of carboxylic acid groups (broad SMARTS) is 1. The number of fused-ring (bicyclic) bond motifs is 1. The zero-order chi connectivity index (χ0) is 14.5. The highest BCUT2D eigenvalue weighted by Crippen LogP contribution is 2.06. The summed E-state index contributed by atoms with van der Waals surface area (Å²) in [6.07, 6.45) is 5.18. The van der Waals surface area contributed by atoms with Crippen molar-refractivity contribution in [3.8, 4) is 0 Å². The van der Waals surface area contributed by atoms with E-state index in [1.165, 1.54) is 11.0 Å². The predicted octanol–water partition coefficient (Wildman–Crippen LogP) is 0.976. The summed E-state index contributed by atoms with van der Waals surface area (Å²) in [4.78, 5) is 28.4. The number of carbonyl (C=O) groups is 2. The molecule has 0 aromatic carbocycles. The van der Waals surface area contributed by atoms with E-state index in [4.69, 9.17) is 5.11 Å². The van der Waals surface area contributed by atoms with E-state index in [9.17, 15) is 9.59 Å². The molecule has 0 aliphatic heterocycles. The van der Waals surface area contributed by atoms with Crippen LogP contribution >= 0.6 is 0 Å². The number of carbonyl (C=O) groups excluding carboxylic acids is 1. The van der Waals surface area contributed by atoms with Gasteiger partial charge in [-0.05, 0) is 12.1 Å². The molecule has 0 aliphatic carbocycles. The maximum absolute atomic E-state index is 12.1. The second-order valence-corrected chi connectivity index (χ2v) is 4.33. The highest BCUT2D eigenvalue weighted by molar-refractivity contribution is 5.83. The highest BCUT2D eigenvalue weighted by atomic mass is 16.4. The molecule has 0 fully saturated rings.